The van der Waals surface area contributed by atoms with E-state index in [1.54, 1.807) is 6.26 Å². The van der Waals surface area contributed by atoms with Gasteiger partial charge < -0.3 is 9.32 Å². The van der Waals surface area contributed by atoms with E-state index in [-0.39, 0.29) is 35.9 Å². The minimum Gasteiger partial charge on any atom is -0.467 e. The third kappa shape index (κ3) is 4.95. The molecule has 4 aliphatic rings. The SMILES string of the molecule is CNN(c1ccccc1)C(CCC1=C2C=CC=C3C=NC4C=CC=CC4N(C)C(=O)C(C=CC1)C32)c1ccco1. The first-order chi connectivity index (χ1) is 19.7. The first-order valence-corrected chi connectivity index (χ1v) is 14.1. The maximum atomic E-state index is 14.0. The molecule has 5 unspecified atom stereocenters. The first kappa shape index (κ1) is 26.1. The van der Waals surface area contributed by atoms with Gasteiger partial charge in [-0.15, -0.1) is 0 Å². The number of likely N-dealkylation sites (N-methyl/N-ethyl adjacent to an activating group) is 1. The number of furan rings is 1. The van der Waals surface area contributed by atoms with Crippen LogP contribution in [0.1, 0.15) is 31.1 Å². The van der Waals surface area contributed by atoms with Gasteiger partial charge in [0, 0.05) is 26.2 Å². The van der Waals surface area contributed by atoms with Crippen molar-refractivity contribution in [1.82, 2.24) is 10.3 Å². The van der Waals surface area contributed by atoms with Crippen LogP contribution in [0.25, 0.3) is 0 Å². The highest BCUT2D eigenvalue weighted by molar-refractivity contribution is 5.89. The zero-order chi connectivity index (χ0) is 27.5. The second-order valence-corrected chi connectivity index (χ2v) is 10.7. The van der Waals surface area contributed by atoms with Crippen molar-refractivity contribution in [3.63, 3.8) is 0 Å². The van der Waals surface area contributed by atoms with Gasteiger partial charge in [-0.3, -0.25) is 14.8 Å². The molecule has 0 saturated carbocycles. The number of fused-ring (bicyclic) bond motifs is 1. The Morgan fingerprint density at radius 3 is 2.75 bits per heavy atom. The number of carbonyl (C=O) groups excluding carboxylic acids is 1. The van der Waals surface area contributed by atoms with E-state index in [2.05, 4.69) is 77.2 Å². The molecule has 2 aromatic rings. The number of nitrogens with zero attached hydrogens (tertiary/aromatic N) is 3. The third-order valence-corrected chi connectivity index (χ3v) is 8.47. The lowest BCUT2D eigenvalue weighted by Gasteiger charge is -2.34. The molecule has 0 radical (unpaired) electrons. The number of hydrazine groups is 1. The summed E-state index contributed by atoms with van der Waals surface area (Å²) in [6, 6.07) is 14.2. The molecule has 0 spiro atoms. The fourth-order valence-corrected chi connectivity index (χ4v) is 6.45. The van der Waals surface area contributed by atoms with E-state index in [1.807, 2.05) is 55.6 Å². The molecule has 1 aromatic carbocycles. The lowest BCUT2D eigenvalue weighted by Crippen LogP contribution is -2.46. The lowest BCUT2D eigenvalue weighted by molar-refractivity contribution is -0.134. The van der Waals surface area contributed by atoms with Crippen LogP contribution >= 0.6 is 0 Å². The number of anilines is 1. The molecule has 1 aromatic heterocycles. The molecule has 6 nitrogen and oxygen atoms in total. The van der Waals surface area contributed by atoms with Crippen LogP contribution in [0, 0.1) is 11.8 Å². The van der Waals surface area contributed by atoms with E-state index in [1.165, 1.54) is 11.1 Å². The van der Waals surface area contributed by atoms with Gasteiger partial charge in [0.05, 0.1) is 30.0 Å². The van der Waals surface area contributed by atoms with Gasteiger partial charge in [0.1, 0.15) is 11.8 Å². The second-order valence-electron chi connectivity index (χ2n) is 10.7. The summed E-state index contributed by atoms with van der Waals surface area (Å²) in [4.78, 5) is 20.8. The zero-order valence-electron chi connectivity index (χ0n) is 23.1. The molecule has 0 saturated heterocycles. The maximum absolute atomic E-state index is 14.0. The van der Waals surface area contributed by atoms with Crippen molar-refractivity contribution in [3.05, 3.63) is 126 Å². The number of nitrogens with one attached hydrogen (secondary N) is 1. The smallest absolute Gasteiger partial charge is 0.230 e. The Morgan fingerprint density at radius 2 is 1.95 bits per heavy atom. The van der Waals surface area contributed by atoms with E-state index in [9.17, 15) is 4.79 Å². The summed E-state index contributed by atoms with van der Waals surface area (Å²) >= 11 is 0. The van der Waals surface area contributed by atoms with Gasteiger partial charge in [0.25, 0.3) is 0 Å². The van der Waals surface area contributed by atoms with Crippen LogP contribution in [-0.4, -0.2) is 43.2 Å². The quantitative estimate of drug-likeness (QED) is 0.344. The summed E-state index contributed by atoms with van der Waals surface area (Å²) < 4.78 is 5.93. The Bertz CT molecular complexity index is 1430. The van der Waals surface area contributed by atoms with Crippen LogP contribution in [0.5, 0.6) is 0 Å². The van der Waals surface area contributed by atoms with E-state index in [0.717, 1.165) is 36.3 Å². The predicted octanol–water partition coefficient (Wildman–Crippen LogP) is 6.13. The molecule has 6 rings (SSSR count). The van der Waals surface area contributed by atoms with Crippen molar-refractivity contribution >= 4 is 17.8 Å². The average molecular weight is 533 g/mol. The highest BCUT2D eigenvalue weighted by atomic mass is 16.3. The molecule has 1 amide bonds. The fourth-order valence-electron chi connectivity index (χ4n) is 6.45. The Labute approximate surface area is 236 Å². The minimum atomic E-state index is -0.266. The average Bonchev–Trinajstić information content (AvgIpc) is 3.47. The number of carbonyl (C=O) groups is 1. The molecule has 0 fully saturated rings. The Hall–Kier alpha value is -4.16. The van der Waals surface area contributed by atoms with Crippen LogP contribution < -0.4 is 10.4 Å². The highest BCUT2D eigenvalue weighted by Gasteiger charge is 2.39. The Morgan fingerprint density at radius 1 is 1.10 bits per heavy atom. The molecule has 3 aliphatic carbocycles. The Balaban J connectivity index is 1.34. The van der Waals surface area contributed by atoms with Gasteiger partial charge in [0.15, 0.2) is 0 Å². The first-order valence-electron chi connectivity index (χ1n) is 14.1. The highest BCUT2D eigenvalue weighted by Crippen LogP contribution is 2.42. The number of rotatable bonds is 7. The molecule has 0 bridgehead atoms. The standard InChI is InChI=1S/C34H36N4O2/c1-35-38(26-13-4-3-5-14-26)31(32-19-10-22-40-32)21-20-24-11-8-16-28-33-25(12-9-15-27(24)33)23-36-29-17-6-7-18-30(29)37(2)34(28)39/h3-10,12-19,22-23,28-31,33,35H,11,20-21H2,1-2H3. The van der Waals surface area contributed by atoms with Crippen molar-refractivity contribution in [2.45, 2.75) is 37.4 Å². The second kappa shape index (κ2) is 11.5. The summed E-state index contributed by atoms with van der Waals surface area (Å²) in [6.07, 6.45) is 25.3. The van der Waals surface area contributed by atoms with Gasteiger partial charge >= 0.3 is 0 Å². The Kier molecular flexibility index (Phi) is 7.51. The number of hydrogen-bond donors (Lipinski definition) is 1. The van der Waals surface area contributed by atoms with Crippen molar-refractivity contribution < 1.29 is 9.21 Å². The van der Waals surface area contributed by atoms with Crippen LogP contribution in [0.15, 0.2) is 130 Å². The van der Waals surface area contributed by atoms with Gasteiger partial charge in [-0.1, -0.05) is 78.5 Å². The number of aliphatic imine (C=N–C) groups is 1. The summed E-state index contributed by atoms with van der Waals surface area (Å²) in [6.45, 7) is 0. The summed E-state index contributed by atoms with van der Waals surface area (Å²) in [5.74, 6) is 0.737. The van der Waals surface area contributed by atoms with E-state index >= 15 is 0 Å². The number of hydrogen-bond acceptors (Lipinski definition) is 5. The number of para-hydroxylation sites is 1. The van der Waals surface area contributed by atoms with Crippen molar-refractivity contribution in [2.75, 3.05) is 19.1 Å². The number of allylic oxidation sites excluding steroid dienone is 9. The number of benzene rings is 1. The molecule has 1 aliphatic heterocycles. The predicted molar refractivity (Wildman–Crippen MR) is 161 cm³/mol. The maximum Gasteiger partial charge on any atom is 0.230 e. The number of amides is 1. The van der Waals surface area contributed by atoms with E-state index < -0.39 is 0 Å². The van der Waals surface area contributed by atoms with Gasteiger partial charge in [-0.05, 0) is 54.7 Å². The fraction of sp³-hybridized carbons (Fsp3) is 0.294. The molecule has 40 heavy (non-hydrogen) atoms. The van der Waals surface area contributed by atoms with Crippen LogP contribution in [0.3, 0.4) is 0 Å². The summed E-state index contributed by atoms with van der Waals surface area (Å²) in [7, 11) is 3.87. The molecular formula is C34H36N4O2. The minimum absolute atomic E-state index is 0.00215. The molecule has 5 atom stereocenters. The summed E-state index contributed by atoms with van der Waals surface area (Å²) in [5.41, 5.74) is 8.17. The van der Waals surface area contributed by atoms with Crippen LogP contribution in [0.2, 0.25) is 0 Å². The van der Waals surface area contributed by atoms with Crippen LogP contribution in [-0.2, 0) is 4.79 Å². The van der Waals surface area contributed by atoms with E-state index in [4.69, 9.17) is 9.41 Å². The summed E-state index contributed by atoms with van der Waals surface area (Å²) in [5, 5.41) is 2.18. The van der Waals surface area contributed by atoms with Crippen molar-refractivity contribution in [3.8, 4) is 0 Å². The largest absolute Gasteiger partial charge is 0.467 e. The lowest BCUT2D eigenvalue weighted by atomic mass is 9.75. The molecule has 204 valence electrons. The molecule has 1 N–H and O–H groups in total. The van der Waals surface area contributed by atoms with Gasteiger partial charge in [-0.2, -0.15) is 0 Å². The van der Waals surface area contributed by atoms with E-state index in [0.29, 0.717) is 0 Å². The monoisotopic (exact) mass is 532 g/mol. The third-order valence-electron chi connectivity index (χ3n) is 8.47. The van der Waals surface area contributed by atoms with Crippen molar-refractivity contribution in [1.29, 1.82) is 0 Å². The van der Waals surface area contributed by atoms with Crippen molar-refractivity contribution in [2.24, 2.45) is 16.8 Å². The van der Waals surface area contributed by atoms with Crippen LogP contribution in [0.4, 0.5) is 5.69 Å². The molecule has 2 heterocycles. The zero-order valence-corrected chi connectivity index (χ0v) is 23.1. The molecular weight excluding hydrogens is 496 g/mol. The van der Waals surface area contributed by atoms with Gasteiger partial charge in [-0.25, -0.2) is 5.43 Å². The normalized spacial score (nSPS) is 25.9. The van der Waals surface area contributed by atoms with Gasteiger partial charge in [0.2, 0.25) is 5.91 Å². The topological polar surface area (TPSA) is 61.1 Å². The molecule has 6 heteroatoms.